The van der Waals surface area contributed by atoms with E-state index in [0.29, 0.717) is 6.42 Å². The highest BCUT2D eigenvalue weighted by molar-refractivity contribution is 5.85. The van der Waals surface area contributed by atoms with E-state index in [-0.39, 0.29) is 30.5 Å². The zero-order chi connectivity index (χ0) is 8.97. The van der Waals surface area contributed by atoms with Gasteiger partial charge in [-0.25, -0.2) is 5.48 Å². The topological polar surface area (TPSA) is 59.6 Å². The minimum atomic E-state index is -0.185. The monoisotopic (exact) mass is 210 g/mol. The summed E-state index contributed by atoms with van der Waals surface area (Å²) in [6.07, 6.45) is 0.837. The molecule has 0 aliphatic carbocycles. The van der Waals surface area contributed by atoms with Crippen LogP contribution in [0.2, 0.25) is 0 Å². The van der Waals surface area contributed by atoms with Gasteiger partial charge in [-0.15, -0.1) is 12.4 Å². The predicted molar refractivity (Wildman–Crippen MR) is 49.6 cm³/mol. The van der Waals surface area contributed by atoms with E-state index in [4.69, 9.17) is 4.74 Å². The first kappa shape index (κ1) is 12.6. The molecule has 0 aromatic heterocycles. The lowest BCUT2D eigenvalue weighted by atomic mass is 10.2. The first-order valence-corrected chi connectivity index (χ1v) is 3.87. The van der Waals surface area contributed by atoms with Gasteiger partial charge < -0.3 is 10.1 Å². The first-order chi connectivity index (χ1) is 5.77. The minimum Gasteiger partial charge on any atom is -0.380 e. The highest BCUT2D eigenvalue weighted by Gasteiger charge is 2.29. The largest absolute Gasteiger partial charge is 0.380 e. The zero-order valence-corrected chi connectivity index (χ0v) is 8.52. The standard InChI is InChI=1S/C7H14N2O3.ClH/c1-11-5-3-6(8-4-5)7(10)9-12-2;/h5-6,8H,3-4H2,1-2H3,(H,9,10);1H/t5-,6-;/m0./s1. The molecule has 5 nitrogen and oxygen atoms in total. The fraction of sp³-hybridized carbons (Fsp3) is 0.857. The van der Waals surface area contributed by atoms with Crippen molar-refractivity contribution in [3.05, 3.63) is 0 Å². The molecule has 1 aliphatic heterocycles. The fourth-order valence-electron chi connectivity index (χ4n) is 1.25. The Bertz CT molecular complexity index is 168. The van der Waals surface area contributed by atoms with Crippen LogP contribution in [-0.2, 0) is 14.4 Å². The van der Waals surface area contributed by atoms with E-state index in [2.05, 4.69) is 15.6 Å². The number of nitrogens with one attached hydrogen (secondary N) is 2. The Kier molecular flexibility index (Phi) is 5.98. The molecule has 0 radical (unpaired) electrons. The summed E-state index contributed by atoms with van der Waals surface area (Å²) in [7, 11) is 3.06. The van der Waals surface area contributed by atoms with Gasteiger partial charge in [-0.2, -0.15) is 0 Å². The van der Waals surface area contributed by atoms with E-state index < -0.39 is 0 Å². The molecule has 1 fully saturated rings. The van der Waals surface area contributed by atoms with Crippen molar-refractivity contribution in [2.75, 3.05) is 20.8 Å². The number of ether oxygens (including phenoxy) is 1. The van der Waals surface area contributed by atoms with Gasteiger partial charge in [-0.3, -0.25) is 9.63 Å². The van der Waals surface area contributed by atoms with Gasteiger partial charge in [-0.05, 0) is 6.42 Å². The molecule has 78 valence electrons. The second-order valence-corrected chi connectivity index (χ2v) is 2.72. The number of amides is 1. The van der Waals surface area contributed by atoms with Gasteiger partial charge in [0.15, 0.2) is 0 Å². The van der Waals surface area contributed by atoms with Crippen LogP contribution in [0.4, 0.5) is 0 Å². The molecule has 1 amide bonds. The maximum Gasteiger partial charge on any atom is 0.260 e. The number of carbonyl (C=O) groups excluding carboxylic acids is 1. The van der Waals surface area contributed by atoms with E-state index in [9.17, 15) is 4.79 Å². The molecule has 0 aromatic rings. The maximum atomic E-state index is 11.2. The van der Waals surface area contributed by atoms with Gasteiger partial charge in [-0.1, -0.05) is 0 Å². The van der Waals surface area contributed by atoms with Crippen LogP contribution >= 0.6 is 12.4 Å². The van der Waals surface area contributed by atoms with Crippen molar-refractivity contribution >= 4 is 18.3 Å². The summed E-state index contributed by atoms with van der Waals surface area (Å²) in [6, 6.07) is -0.185. The van der Waals surface area contributed by atoms with E-state index >= 15 is 0 Å². The second kappa shape index (κ2) is 6.15. The SMILES string of the molecule is CONC(=O)[C@@H]1C[C@H](OC)CN1.Cl. The lowest BCUT2D eigenvalue weighted by Crippen LogP contribution is -2.39. The summed E-state index contributed by atoms with van der Waals surface area (Å²) in [6.45, 7) is 0.721. The van der Waals surface area contributed by atoms with E-state index in [1.165, 1.54) is 7.11 Å². The molecule has 13 heavy (non-hydrogen) atoms. The molecule has 0 bridgehead atoms. The fourth-order valence-corrected chi connectivity index (χ4v) is 1.25. The average molecular weight is 211 g/mol. The van der Waals surface area contributed by atoms with E-state index in [1.807, 2.05) is 0 Å². The molecule has 6 heteroatoms. The Balaban J connectivity index is 0.00000144. The Morgan fingerprint density at radius 3 is 2.69 bits per heavy atom. The number of carbonyl (C=O) groups is 1. The highest BCUT2D eigenvalue weighted by atomic mass is 35.5. The number of hydroxylamine groups is 1. The minimum absolute atomic E-state index is 0. The first-order valence-electron chi connectivity index (χ1n) is 3.87. The van der Waals surface area contributed by atoms with Gasteiger partial charge in [0, 0.05) is 13.7 Å². The van der Waals surface area contributed by atoms with Crippen LogP contribution in [0.5, 0.6) is 0 Å². The zero-order valence-electron chi connectivity index (χ0n) is 7.70. The summed E-state index contributed by atoms with van der Waals surface area (Å²) < 4.78 is 5.09. The Labute approximate surface area is 83.5 Å². The Morgan fingerprint density at radius 1 is 1.54 bits per heavy atom. The molecule has 0 aromatic carbocycles. The second-order valence-electron chi connectivity index (χ2n) is 2.72. The van der Waals surface area contributed by atoms with Crippen LogP contribution < -0.4 is 10.8 Å². The number of methoxy groups -OCH3 is 1. The van der Waals surface area contributed by atoms with Crippen molar-refractivity contribution in [3.8, 4) is 0 Å². The predicted octanol–water partition coefficient (Wildman–Crippen LogP) is -0.537. The molecule has 1 rings (SSSR count). The summed E-state index contributed by atoms with van der Waals surface area (Å²) in [5, 5.41) is 3.03. The summed E-state index contributed by atoms with van der Waals surface area (Å²) in [5.41, 5.74) is 2.28. The number of halogens is 1. The van der Waals surface area contributed by atoms with Crippen molar-refractivity contribution < 1.29 is 14.4 Å². The van der Waals surface area contributed by atoms with Crippen LogP contribution in [0.3, 0.4) is 0 Å². The van der Waals surface area contributed by atoms with Crippen LogP contribution in [0.1, 0.15) is 6.42 Å². The van der Waals surface area contributed by atoms with Gasteiger partial charge in [0.05, 0.1) is 19.3 Å². The third-order valence-corrected chi connectivity index (χ3v) is 1.94. The molecular formula is C7H15ClN2O3. The van der Waals surface area contributed by atoms with Gasteiger partial charge in [0.25, 0.3) is 5.91 Å². The lowest BCUT2D eigenvalue weighted by Gasteiger charge is -2.08. The normalized spacial score (nSPS) is 26.6. The van der Waals surface area contributed by atoms with Crippen LogP contribution in [0.15, 0.2) is 0 Å². The quantitative estimate of drug-likeness (QED) is 0.615. The molecule has 0 saturated carbocycles. The molecule has 1 saturated heterocycles. The molecule has 1 aliphatic rings. The molecular weight excluding hydrogens is 196 g/mol. The lowest BCUT2D eigenvalue weighted by molar-refractivity contribution is -0.133. The van der Waals surface area contributed by atoms with E-state index in [1.54, 1.807) is 7.11 Å². The summed E-state index contributed by atoms with van der Waals surface area (Å²) in [4.78, 5) is 15.7. The third kappa shape index (κ3) is 3.48. The van der Waals surface area contributed by atoms with Gasteiger partial charge in [0.2, 0.25) is 0 Å². The van der Waals surface area contributed by atoms with Crippen molar-refractivity contribution in [3.63, 3.8) is 0 Å². The molecule has 2 atom stereocenters. The maximum absolute atomic E-state index is 11.2. The molecule has 0 spiro atoms. The number of hydrogen-bond acceptors (Lipinski definition) is 4. The van der Waals surface area contributed by atoms with Crippen molar-refractivity contribution in [2.24, 2.45) is 0 Å². The average Bonchev–Trinajstić information content (AvgIpc) is 2.52. The van der Waals surface area contributed by atoms with Gasteiger partial charge >= 0.3 is 0 Å². The number of hydrogen-bond donors (Lipinski definition) is 2. The van der Waals surface area contributed by atoms with Crippen LogP contribution in [0, 0.1) is 0 Å². The molecule has 1 heterocycles. The van der Waals surface area contributed by atoms with E-state index in [0.717, 1.165) is 6.54 Å². The Hall–Kier alpha value is -0.360. The van der Waals surface area contributed by atoms with Crippen LogP contribution in [-0.4, -0.2) is 38.8 Å². The third-order valence-electron chi connectivity index (χ3n) is 1.94. The molecule has 2 N–H and O–H groups in total. The summed E-state index contributed by atoms with van der Waals surface area (Å²) in [5.74, 6) is -0.142. The number of rotatable bonds is 3. The highest BCUT2D eigenvalue weighted by Crippen LogP contribution is 2.08. The summed E-state index contributed by atoms with van der Waals surface area (Å²) >= 11 is 0. The smallest absolute Gasteiger partial charge is 0.260 e. The van der Waals surface area contributed by atoms with Gasteiger partial charge in [0.1, 0.15) is 0 Å². The van der Waals surface area contributed by atoms with Crippen molar-refractivity contribution in [2.45, 2.75) is 18.6 Å². The molecule has 0 unspecified atom stereocenters. The Morgan fingerprint density at radius 2 is 2.23 bits per heavy atom. The van der Waals surface area contributed by atoms with Crippen molar-refractivity contribution in [1.82, 2.24) is 10.8 Å². The van der Waals surface area contributed by atoms with Crippen LogP contribution in [0.25, 0.3) is 0 Å². The van der Waals surface area contributed by atoms with Crippen molar-refractivity contribution in [1.29, 1.82) is 0 Å².